The summed E-state index contributed by atoms with van der Waals surface area (Å²) >= 11 is 0. The van der Waals surface area contributed by atoms with Crippen LogP contribution in [0.15, 0.2) is 11.6 Å². The lowest BCUT2D eigenvalue weighted by atomic mass is 9.45. The van der Waals surface area contributed by atoms with Gasteiger partial charge in [-0.3, -0.25) is 0 Å². The molecule has 1 aliphatic heterocycles. The summed E-state index contributed by atoms with van der Waals surface area (Å²) in [5.41, 5.74) is 0.337. The van der Waals surface area contributed by atoms with Crippen molar-refractivity contribution in [3.8, 4) is 0 Å². The van der Waals surface area contributed by atoms with Gasteiger partial charge >= 0.3 is 5.97 Å². The van der Waals surface area contributed by atoms with Gasteiger partial charge < -0.3 is 20.1 Å². The van der Waals surface area contributed by atoms with Gasteiger partial charge in [-0.15, -0.1) is 0 Å². The Morgan fingerprint density at radius 3 is 2.56 bits per heavy atom. The lowest BCUT2D eigenvalue weighted by Crippen LogP contribution is -2.56. The largest absolute Gasteiger partial charge is 0.458 e. The number of carbonyl (C=O) groups is 1. The van der Waals surface area contributed by atoms with Gasteiger partial charge in [-0.25, -0.2) is 4.79 Å². The molecule has 5 nitrogen and oxygen atoms in total. The van der Waals surface area contributed by atoms with E-state index in [0.717, 1.165) is 44.1 Å². The van der Waals surface area contributed by atoms with Crippen molar-refractivity contribution in [2.75, 3.05) is 26.4 Å². The molecule has 3 N–H and O–H groups in total. The maximum Gasteiger partial charge on any atom is 0.334 e. The molecule has 0 aromatic rings. The fraction of sp³-hybridized carbons (Fsp3) is 0.850. The summed E-state index contributed by atoms with van der Waals surface area (Å²) in [6.07, 6.45) is 8.20. The minimum Gasteiger partial charge on any atom is -0.458 e. The molecule has 0 radical (unpaired) electrons. The van der Waals surface area contributed by atoms with E-state index in [2.05, 4.69) is 6.92 Å². The summed E-state index contributed by atoms with van der Waals surface area (Å²) < 4.78 is 5.01. The molecule has 3 rings (SSSR count). The second-order valence-electron chi connectivity index (χ2n) is 8.58. The number of hydrogen-bond donors (Lipinski definition) is 3. The fourth-order valence-electron chi connectivity index (χ4n) is 6.19. The highest BCUT2D eigenvalue weighted by molar-refractivity contribution is 5.90. The van der Waals surface area contributed by atoms with Crippen LogP contribution in [0.2, 0.25) is 0 Å². The number of rotatable bonds is 6. The lowest BCUT2D eigenvalue weighted by molar-refractivity contribution is -0.150. The zero-order chi connectivity index (χ0) is 18.1. The summed E-state index contributed by atoms with van der Waals surface area (Å²) in [5.74, 6) is 0.582. The molecular weight excluding hydrogens is 320 g/mol. The molecule has 0 aromatic carbocycles. The van der Waals surface area contributed by atoms with Gasteiger partial charge in [0.25, 0.3) is 0 Å². The Labute approximate surface area is 150 Å². The van der Waals surface area contributed by atoms with Crippen LogP contribution in [-0.2, 0) is 9.53 Å². The highest BCUT2D eigenvalue weighted by Gasteiger charge is 2.57. The van der Waals surface area contributed by atoms with Crippen LogP contribution in [0.25, 0.3) is 0 Å². The lowest BCUT2D eigenvalue weighted by Gasteiger charge is -2.60. The van der Waals surface area contributed by atoms with Gasteiger partial charge in [-0.05, 0) is 67.8 Å². The first kappa shape index (κ1) is 18.9. The minimum absolute atomic E-state index is 0.0155. The average Bonchev–Trinajstić information content (AvgIpc) is 3.03. The van der Waals surface area contributed by atoms with Crippen molar-refractivity contribution in [2.45, 2.75) is 51.9 Å². The van der Waals surface area contributed by atoms with Crippen molar-refractivity contribution in [1.29, 1.82) is 0 Å². The van der Waals surface area contributed by atoms with Crippen molar-refractivity contribution in [1.82, 2.24) is 0 Å². The molecule has 0 saturated heterocycles. The van der Waals surface area contributed by atoms with Crippen molar-refractivity contribution < 1.29 is 24.9 Å². The molecule has 0 unspecified atom stereocenters. The fourth-order valence-corrected chi connectivity index (χ4v) is 6.19. The smallest absolute Gasteiger partial charge is 0.334 e. The van der Waals surface area contributed by atoms with Crippen molar-refractivity contribution in [3.63, 3.8) is 0 Å². The van der Waals surface area contributed by atoms with Crippen LogP contribution in [0.1, 0.15) is 51.9 Å². The van der Waals surface area contributed by atoms with Gasteiger partial charge in [0.2, 0.25) is 0 Å². The Kier molecular flexibility index (Phi) is 5.57. The van der Waals surface area contributed by atoms with Crippen LogP contribution in [0.4, 0.5) is 0 Å². The Bertz CT molecular complexity index is 524. The quantitative estimate of drug-likeness (QED) is 0.637. The summed E-state index contributed by atoms with van der Waals surface area (Å²) in [7, 11) is 0. The minimum atomic E-state index is -0.406. The van der Waals surface area contributed by atoms with Crippen molar-refractivity contribution in [3.05, 3.63) is 11.6 Å². The van der Waals surface area contributed by atoms with Gasteiger partial charge in [0, 0.05) is 17.6 Å². The monoisotopic (exact) mass is 352 g/mol. The molecule has 5 heteroatoms. The summed E-state index contributed by atoms with van der Waals surface area (Å²) in [4.78, 5) is 11.8. The molecule has 142 valence electrons. The molecule has 0 spiro atoms. The number of aliphatic hydroxyl groups excluding tert-OH is 3. The van der Waals surface area contributed by atoms with E-state index in [-0.39, 0.29) is 43.0 Å². The standard InChI is InChI=1S/C20H32O5/c1-19-8-2-9-20(12-22,13-23)17(19)6-4-15(11-21)16(19)5-3-14-7-10-25-18(14)24/h7,15-17,21-23H,2-6,8-13H2,1H3/t15-,16-,17+,19+/m0/s1. The molecule has 1 heterocycles. The first-order valence-corrected chi connectivity index (χ1v) is 9.69. The van der Waals surface area contributed by atoms with E-state index in [4.69, 9.17) is 4.74 Å². The van der Waals surface area contributed by atoms with Gasteiger partial charge in [0.15, 0.2) is 0 Å². The number of aliphatic hydroxyl groups is 3. The van der Waals surface area contributed by atoms with Crippen molar-refractivity contribution >= 4 is 5.97 Å². The molecule has 25 heavy (non-hydrogen) atoms. The van der Waals surface area contributed by atoms with Crippen LogP contribution in [-0.4, -0.2) is 47.7 Å². The molecule has 2 saturated carbocycles. The molecular formula is C20H32O5. The SMILES string of the molecule is C[C@]12CCCC(CO)(CO)[C@@H]1CC[C@@H](CO)[C@@H]2CCC1=CCOC1=O. The summed E-state index contributed by atoms with van der Waals surface area (Å²) in [6.45, 7) is 2.88. The van der Waals surface area contributed by atoms with Crippen LogP contribution in [0.5, 0.6) is 0 Å². The second kappa shape index (κ2) is 7.37. The van der Waals surface area contributed by atoms with Crippen LogP contribution in [0, 0.1) is 28.6 Å². The van der Waals surface area contributed by atoms with Crippen LogP contribution in [0.3, 0.4) is 0 Å². The van der Waals surface area contributed by atoms with Gasteiger partial charge in [0.05, 0.1) is 13.2 Å². The molecule has 0 aromatic heterocycles. The highest BCUT2D eigenvalue weighted by Crippen LogP contribution is 2.62. The number of esters is 1. The first-order valence-electron chi connectivity index (χ1n) is 9.69. The number of fused-ring (bicyclic) bond motifs is 1. The van der Waals surface area contributed by atoms with E-state index < -0.39 is 5.41 Å². The third kappa shape index (κ3) is 3.15. The molecule has 0 amide bonds. The van der Waals surface area contributed by atoms with E-state index in [1.807, 2.05) is 6.08 Å². The average molecular weight is 352 g/mol. The van der Waals surface area contributed by atoms with E-state index in [1.165, 1.54) is 0 Å². The molecule has 2 fully saturated rings. The van der Waals surface area contributed by atoms with Gasteiger partial charge in [0.1, 0.15) is 6.61 Å². The zero-order valence-electron chi connectivity index (χ0n) is 15.2. The predicted octanol–water partition coefficient (Wildman–Crippen LogP) is 2.05. The zero-order valence-corrected chi connectivity index (χ0v) is 15.2. The van der Waals surface area contributed by atoms with E-state index >= 15 is 0 Å². The van der Waals surface area contributed by atoms with Gasteiger partial charge in [-0.2, -0.15) is 0 Å². The van der Waals surface area contributed by atoms with Crippen LogP contribution < -0.4 is 0 Å². The molecule has 0 bridgehead atoms. The Hall–Kier alpha value is -0.910. The Balaban J connectivity index is 1.83. The number of carbonyl (C=O) groups excluding carboxylic acids is 1. The maximum atomic E-state index is 11.8. The van der Waals surface area contributed by atoms with E-state index in [1.54, 1.807) is 0 Å². The van der Waals surface area contributed by atoms with Gasteiger partial charge in [-0.1, -0.05) is 13.3 Å². The Morgan fingerprint density at radius 1 is 1.20 bits per heavy atom. The highest BCUT2D eigenvalue weighted by atomic mass is 16.5. The predicted molar refractivity (Wildman–Crippen MR) is 93.6 cm³/mol. The molecule has 4 atom stereocenters. The van der Waals surface area contributed by atoms with E-state index in [9.17, 15) is 20.1 Å². The van der Waals surface area contributed by atoms with Crippen molar-refractivity contribution in [2.24, 2.45) is 28.6 Å². The molecule has 3 aliphatic rings. The third-order valence-electron chi connectivity index (χ3n) is 7.56. The maximum absolute atomic E-state index is 11.8. The number of cyclic esters (lactones) is 1. The Morgan fingerprint density at radius 2 is 1.96 bits per heavy atom. The molecule has 2 aliphatic carbocycles. The normalized spacial score (nSPS) is 37.4. The first-order chi connectivity index (χ1) is 12.0. The van der Waals surface area contributed by atoms with E-state index in [0.29, 0.717) is 18.9 Å². The van der Waals surface area contributed by atoms with Crippen LogP contribution >= 0.6 is 0 Å². The third-order valence-corrected chi connectivity index (χ3v) is 7.56. The number of ether oxygens (including phenoxy) is 1. The summed E-state index contributed by atoms with van der Waals surface area (Å²) in [5, 5.41) is 30.1. The number of hydrogen-bond acceptors (Lipinski definition) is 5. The second-order valence-corrected chi connectivity index (χ2v) is 8.58. The topological polar surface area (TPSA) is 87.0 Å². The summed E-state index contributed by atoms with van der Waals surface area (Å²) in [6, 6.07) is 0.